The molecule has 0 spiro atoms. The molecule has 1 unspecified atom stereocenters. The number of carbonyl (C=O) groups excluding carboxylic acids is 4. The lowest BCUT2D eigenvalue weighted by Crippen LogP contribution is -2.32. The summed E-state index contributed by atoms with van der Waals surface area (Å²) in [5.41, 5.74) is 1.87. The fourth-order valence-corrected chi connectivity index (χ4v) is 3.28. The van der Waals surface area contributed by atoms with Gasteiger partial charge in [-0.1, -0.05) is 36.4 Å². The van der Waals surface area contributed by atoms with Crippen LogP contribution in [0.25, 0.3) is 0 Å². The maximum absolute atomic E-state index is 13.0. The van der Waals surface area contributed by atoms with Crippen molar-refractivity contribution >= 4 is 29.4 Å². The van der Waals surface area contributed by atoms with Crippen LogP contribution in [0, 0.1) is 6.92 Å². The van der Waals surface area contributed by atoms with E-state index in [9.17, 15) is 19.2 Å². The first kappa shape index (κ1) is 22.0. The van der Waals surface area contributed by atoms with E-state index in [0.717, 1.165) is 10.5 Å². The van der Waals surface area contributed by atoms with E-state index in [1.54, 1.807) is 42.5 Å². The van der Waals surface area contributed by atoms with Gasteiger partial charge in [-0.05, 0) is 24.6 Å². The van der Waals surface area contributed by atoms with Gasteiger partial charge < -0.3 is 14.8 Å². The second kappa shape index (κ2) is 9.88. The zero-order valence-electron chi connectivity index (χ0n) is 17.4. The molecule has 1 saturated heterocycles. The third kappa shape index (κ3) is 5.48. The number of hydrogen-bond donors (Lipinski definition) is 1. The number of likely N-dealkylation sites (tertiary alicyclic amines) is 1. The van der Waals surface area contributed by atoms with Crippen LogP contribution in [0.5, 0.6) is 5.75 Å². The largest absolute Gasteiger partial charge is 0.495 e. The van der Waals surface area contributed by atoms with Crippen LogP contribution in [-0.4, -0.2) is 42.2 Å². The molecular formula is C23H24N2O6. The van der Waals surface area contributed by atoms with Crippen molar-refractivity contribution in [2.24, 2.45) is 0 Å². The lowest BCUT2D eigenvalue weighted by molar-refractivity contribution is -0.155. The van der Waals surface area contributed by atoms with Gasteiger partial charge in [0.1, 0.15) is 5.75 Å². The van der Waals surface area contributed by atoms with Gasteiger partial charge in [-0.3, -0.25) is 24.1 Å². The number of hydrogen-bond acceptors (Lipinski definition) is 6. The maximum atomic E-state index is 13.0. The molecule has 1 aliphatic rings. The Kier molecular flexibility index (Phi) is 7.02. The quantitative estimate of drug-likeness (QED) is 0.516. The highest BCUT2D eigenvalue weighted by Gasteiger charge is 2.30. The van der Waals surface area contributed by atoms with Gasteiger partial charge in [0.05, 0.1) is 19.2 Å². The standard InChI is InChI=1S/C23H24N2O6/c1-15-8-9-18(30-2)17(14-15)24-23(29)22(16-6-4-3-5-7-16)31-21(28)12-13-25-19(26)10-11-20(25)27/h3-9,14,22H,10-13H2,1-2H3,(H,24,29). The molecule has 1 atom stereocenters. The van der Waals surface area contributed by atoms with E-state index in [1.165, 1.54) is 7.11 Å². The van der Waals surface area contributed by atoms with Gasteiger partial charge in [0.25, 0.3) is 5.91 Å². The highest BCUT2D eigenvalue weighted by Crippen LogP contribution is 2.28. The number of imide groups is 1. The molecule has 3 rings (SSSR count). The molecule has 8 heteroatoms. The summed E-state index contributed by atoms with van der Waals surface area (Å²) in [4.78, 5) is 50.0. The molecule has 1 heterocycles. The Morgan fingerprint density at radius 1 is 1.06 bits per heavy atom. The smallest absolute Gasteiger partial charge is 0.308 e. The lowest BCUT2D eigenvalue weighted by Gasteiger charge is -2.20. The summed E-state index contributed by atoms with van der Waals surface area (Å²) in [6.07, 6.45) is -1.09. The molecule has 2 aromatic carbocycles. The van der Waals surface area contributed by atoms with Gasteiger partial charge in [0.15, 0.2) is 0 Å². The average Bonchev–Trinajstić information content (AvgIpc) is 3.08. The first-order valence-corrected chi connectivity index (χ1v) is 9.92. The minimum Gasteiger partial charge on any atom is -0.495 e. The molecular weight excluding hydrogens is 400 g/mol. The molecule has 0 radical (unpaired) electrons. The Hall–Kier alpha value is -3.68. The summed E-state index contributed by atoms with van der Waals surface area (Å²) in [5, 5.41) is 2.76. The van der Waals surface area contributed by atoms with E-state index in [1.807, 2.05) is 13.0 Å². The summed E-state index contributed by atoms with van der Waals surface area (Å²) >= 11 is 0. The minimum absolute atomic E-state index is 0.0642. The molecule has 162 valence electrons. The van der Waals surface area contributed by atoms with Crippen molar-refractivity contribution < 1.29 is 28.7 Å². The first-order valence-electron chi connectivity index (χ1n) is 9.92. The zero-order valence-corrected chi connectivity index (χ0v) is 17.4. The van der Waals surface area contributed by atoms with Gasteiger partial charge in [-0.2, -0.15) is 0 Å². The van der Waals surface area contributed by atoms with Gasteiger partial charge in [0, 0.05) is 24.9 Å². The topological polar surface area (TPSA) is 102 Å². The monoisotopic (exact) mass is 424 g/mol. The SMILES string of the molecule is COc1ccc(C)cc1NC(=O)C(OC(=O)CCN1C(=O)CCC1=O)c1ccccc1. The fourth-order valence-electron chi connectivity index (χ4n) is 3.28. The average molecular weight is 424 g/mol. The van der Waals surface area contributed by atoms with E-state index in [-0.39, 0.29) is 37.6 Å². The van der Waals surface area contributed by atoms with Crippen LogP contribution in [0.3, 0.4) is 0 Å². The van der Waals surface area contributed by atoms with Crippen LogP contribution in [0.4, 0.5) is 5.69 Å². The normalized spacial score (nSPS) is 14.3. The summed E-state index contributed by atoms with van der Waals surface area (Å²) in [5.74, 6) is -1.36. The lowest BCUT2D eigenvalue weighted by atomic mass is 10.1. The predicted molar refractivity (Wildman–Crippen MR) is 112 cm³/mol. The number of rotatable bonds is 8. The van der Waals surface area contributed by atoms with Crippen molar-refractivity contribution in [1.29, 1.82) is 0 Å². The Bertz CT molecular complexity index is 973. The van der Waals surface area contributed by atoms with E-state index in [0.29, 0.717) is 17.0 Å². The molecule has 0 aliphatic carbocycles. The summed E-state index contributed by atoms with van der Waals surface area (Å²) in [7, 11) is 1.50. The number of amides is 3. The van der Waals surface area contributed by atoms with E-state index in [4.69, 9.17) is 9.47 Å². The summed E-state index contributed by atoms with van der Waals surface area (Å²) < 4.78 is 10.8. The second-order valence-corrected chi connectivity index (χ2v) is 7.16. The minimum atomic E-state index is -1.20. The van der Waals surface area contributed by atoms with Crippen LogP contribution in [0.15, 0.2) is 48.5 Å². The molecule has 8 nitrogen and oxygen atoms in total. The molecule has 1 fully saturated rings. The highest BCUT2D eigenvalue weighted by atomic mass is 16.5. The number of nitrogens with zero attached hydrogens (tertiary/aromatic N) is 1. The molecule has 3 amide bonds. The van der Waals surface area contributed by atoms with Crippen molar-refractivity contribution in [3.8, 4) is 5.75 Å². The van der Waals surface area contributed by atoms with E-state index < -0.39 is 18.0 Å². The second-order valence-electron chi connectivity index (χ2n) is 7.16. The number of anilines is 1. The first-order chi connectivity index (χ1) is 14.9. The van der Waals surface area contributed by atoms with Crippen LogP contribution in [-0.2, 0) is 23.9 Å². The third-order valence-electron chi connectivity index (χ3n) is 4.90. The highest BCUT2D eigenvalue weighted by molar-refractivity contribution is 6.02. The number of nitrogens with one attached hydrogen (secondary N) is 1. The molecule has 1 N–H and O–H groups in total. The van der Waals surface area contributed by atoms with Crippen LogP contribution >= 0.6 is 0 Å². The number of ether oxygens (including phenoxy) is 2. The van der Waals surface area contributed by atoms with Crippen molar-refractivity contribution in [3.05, 3.63) is 59.7 Å². The Labute approximate surface area is 180 Å². The predicted octanol–water partition coefficient (Wildman–Crippen LogP) is 2.77. The molecule has 0 saturated carbocycles. The van der Waals surface area contributed by atoms with Crippen molar-refractivity contribution in [2.75, 3.05) is 19.0 Å². The Morgan fingerprint density at radius 2 is 1.74 bits per heavy atom. The van der Waals surface area contributed by atoms with Crippen LogP contribution in [0.2, 0.25) is 0 Å². The maximum Gasteiger partial charge on any atom is 0.308 e. The molecule has 0 bridgehead atoms. The number of methoxy groups -OCH3 is 1. The Balaban J connectivity index is 1.73. The van der Waals surface area contributed by atoms with E-state index >= 15 is 0 Å². The van der Waals surface area contributed by atoms with Gasteiger partial charge >= 0.3 is 5.97 Å². The zero-order chi connectivity index (χ0) is 22.4. The molecule has 0 aromatic heterocycles. The number of aryl methyl sites for hydroxylation is 1. The molecule has 1 aliphatic heterocycles. The van der Waals surface area contributed by atoms with E-state index in [2.05, 4.69) is 5.32 Å². The van der Waals surface area contributed by atoms with Crippen molar-refractivity contribution in [1.82, 2.24) is 4.90 Å². The number of esters is 1. The number of benzene rings is 2. The molecule has 31 heavy (non-hydrogen) atoms. The summed E-state index contributed by atoms with van der Waals surface area (Å²) in [6, 6.07) is 14.0. The molecule has 2 aromatic rings. The van der Waals surface area contributed by atoms with Crippen molar-refractivity contribution in [2.45, 2.75) is 32.3 Å². The van der Waals surface area contributed by atoms with Crippen LogP contribution in [0.1, 0.15) is 36.5 Å². The van der Waals surface area contributed by atoms with Gasteiger partial charge in [-0.25, -0.2) is 0 Å². The third-order valence-corrected chi connectivity index (χ3v) is 4.90. The van der Waals surface area contributed by atoms with Crippen LogP contribution < -0.4 is 10.1 Å². The fraction of sp³-hybridized carbons (Fsp3) is 0.304. The number of carbonyl (C=O) groups is 4. The van der Waals surface area contributed by atoms with Gasteiger partial charge in [-0.15, -0.1) is 0 Å². The van der Waals surface area contributed by atoms with Gasteiger partial charge in [0.2, 0.25) is 17.9 Å². The summed E-state index contributed by atoms with van der Waals surface area (Å²) in [6.45, 7) is 1.82. The van der Waals surface area contributed by atoms with Crippen molar-refractivity contribution in [3.63, 3.8) is 0 Å². The Morgan fingerprint density at radius 3 is 2.39 bits per heavy atom.